The van der Waals surface area contributed by atoms with E-state index in [1.165, 1.54) is 0 Å². The van der Waals surface area contributed by atoms with Gasteiger partial charge in [0.15, 0.2) is 0 Å². The van der Waals surface area contributed by atoms with Crippen molar-refractivity contribution in [2.24, 2.45) is 0 Å². The van der Waals surface area contributed by atoms with Crippen molar-refractivity contribution in [2.45, 2.75) is 26.8 Å². The standard InChI is InChI=1S/C17H15N5O2/c1-11-12(2)21-22(17(24)15(11)9-19)10-16(23)20-14-5-3-13(4-6-14)7-8-18/h3-6H,7,10H2,1-2H3,(H,20,23). The van der Waals surface area contributed by atoms with E-state index in [9.17, 15) is 9.59 Å². The number of hydrogen-bond donors (Lipinski definition) is 1. The van der Waals surface area contributed by atoms with Crippen LogP contribution in [0, 0.1) is 36.5 Å². The van der Waals surface area contributed by atoms with E-state index in [1.807, 2.05) is 12.1 Å². The number of nitrogens with one attached hydrogen (secondary N) is 1. The Balaban J connectivity index is 2.16. The minimum atomic E-state index is -0.583. The average molecular weight is 321 g/mol. The summed E-state index contributed by atoms with van der Waals surface area (Å²) in [6.45, 7) is 3.04. The molecule has 120 valence electrons. The van der Waals surface area contributed by atoms with Crippen LogP contribution in [0.5, 0.6) is 0 Å². The number of amides is 1. The van der Waals surface area contributed by atoms with Crippen LogP contribution < -0.4 is 10.9 Å². The number of carbonyl (C=O) groups is 1. The predicted octanol–water partition coefficient (Wildman–Crippen LogP) is 1.44. The Labute approximate surface area is 138 Å². The molecule has 1 N–H and O–H groups in total. The van der Waals surface area contributed by atoms with Crippen molar-refractivity contribution in [3.63, 3.8) is 0 Å². The predicted molar refractivity (Wildman–Crippen MR) is 87.1 cm³/mol. The van der Waals surface area contributed by atoms with Gasteiger partial charge in [0, 0.05) is 5.69 Å². The summed E-state index contributed by atoms with van der Waals surface area (Å²) >= 11 is 0. The van der Waals surface area contributed by atoms with E-state index in [-0.39, 0.29) is 12.1 Å². The highest BCUT2D eigenvalue weighted by molar-refractivity contribution is 5.90. The van der Waals surface area contributed by atoms with Gasteiger partial charge in [0.05, 0.1) is 18.2 Å². The molecule has 2 rings (SSSR count). The first-order chi connectivity index (χ1) is 11.5. The smallest absolute Gasteiger partial charge is 0.285 e. The number of benzene rings is 1. The van der Waals surface area contributed by atoms with Gasteiger partial charge in [-0.1, -0.05) is 12.1 Å². The first kappa shape index (κ1) is 16.9. The zero-order valence-electron chi connectivity index (χ0n) is 13.3. The molecule has 1 heterocycles. The summed E-state index contributed by atoms with van der Waals surface area (Å²) in [5.74, 6) is -0.426. The molecular formula is C17H15N5O2. The van der Waals surface area contributed by atoms with E-state index in [1.54, 1.807) is 38.1 Å². The van der Waals surface area contributed by atoms with Crippen LogP contribution >= 0.6 is 0 Å². The van der Waals surface area contributed by atoms with E-state index in [4.69, 9.17) is 10.5 Å². The number of carbonyl (C=O) groups excluding carboxylic acids is 1. The molecule has 1 amide bonds. The fourth-order valence-corrected chi connectivity index (χ4v) is 2.14. The van der Waals surface area contributed by atoms with Crippen molar-refractivity contribution in [3.05, 3.63) is 57.0 Å². The zero-order valence-corrected chi connectivity index (χ0v) is 13.3. The molecule has 7 nitrogen and oxygen atoms in total. The molecule has 1 aromatic heterocycles. The molecule has 0 unspecified atom stereocenters. The molecule has 0 aliphatic rings. The topological polar surface area (TPSA) is 112 Å². The molecule has 0 atom stereocenters. The summed E-state index contributed by atoms with van der Waals surface area (Å²) in [6, 6.07) is 10.7. The van der Waals surface area contributed by atoms with Gasteiger partial charge < -0.3 is 5.32 Å². The van der Waals surface area contributed by atoms with E-state index < -0.39 is 11.5 Å². The second kappa shape index (κ2) is 7.21. The maximum Gasteiger partial charge on any atom is 0.285 e. The average Bonchev–Trinajstić information content (AvgIpc) is 2.55. The second-order valence-electron chi connectivity index (χ2n) is 5.24. The highest BCUT2D eigenvalue weighted by Gasteiger charge is 2.14. The number of rotatable bonds is 4. The Morgan fingerprint density at radius 1 is 1.25 bits per heavy atom. The van der Waals surface area contributed by atoms with E-state index >= 15 is 0 Å². The molecule has 0 bridgehead atoms. The fraction of sp³-hybridized carbons (Fsp3) is 0.235. The van der Waals surface area contributed by atoms with Crippen LogP contribution in [0.1, 0.15) is 22.4 Å². The van der Waals surface area contributed by atoms with Gasteiger partial charge in [0.2, 0.25) is 5.91 Å². The maximum atomic E-state index is 12.1. The first-order valence-electron chi connectivity index (χ1n) is 7.20. The number of hydrogen-bond acceptors (Lipinski definition) is 5. The Morgan fingerprint density at radius 2 is 1.92 bits per heavy atom. The van der Waals surface area contributed by atoms with Crippen LogP contribution in [0.4, 0.5) is 5.69 Å². The van der Waals surface area contributed by atoms with Gasteiger partial charge >= 0.3 is 0 Å². The number of nitrogens with zero attached hydrogens (tertiary/aromatic N) is 4. The van der Waals surface area contributed by atoms with Gasteiger partial charge in [-0.3, -0.25) is 9.59 Å². The van der Waals surface area contributed by atoms with E-state index in [2.05, 4.69) is 10.4 Å². The van der Waals surface area contributed by atoms with Crippen molar-refractivity contribution in [1.29, 1.82) is 10.5 Å². The molecule has 0 spiro atoms. The third-order valence-electron chi connectivity index (χ3n) is 3.56. The lowest BCUT2D eigenvalue weighted by Crippen LogP contribution is -2.32. The third kappa shape index (κ3) is 3.65. The second-order valence-corrected chi connectivity index (χ2v) is 5.24. The number of anilines is 1. The van der Waals surface area contributed by atoms with E-state index in [0.29, 0.717) is 23.4 Å². The Bertz CT molecular complexity index is 914. The summed E-state index contributed by atoms with van der Waals surface area (Å²) in [5.41, 5.74) is 1.86. The fourth-order valence-electron chi connectivity index (χ4n) is 2.14. The molecule has 0 saturated carbocycles. The lowest BCUT2D eigenvalue weighted by Gasteiger charge is -2.09. The Hall–Kier alpha value is -3.45. The van der Waals surface area contributed by atoms with Crippen molar-refractivity contribution in [3.8, 4) is 12.1 Å². The van der Waals surface area contributed by atoms with Crippen LogP contribution in [-0.4, -0.2) is 15.7 Å². The summed E-state index contributed by atoms with van der Waals surface area (Å²) in [5, 5.41) is 24.4. The largest absolute Gasteiger partial charge is 0.324 e. The molecule has 0 aliphatic carbocycles. The number of nitriles is 2. The molecule has 2 aromatic rings. The van der Waals surface area contributed by atoms with Gasteiger partial charge in [-0.2, -0.15) is 15.6 Å². The van der Waals surface area contributed by atoms with E-state index in [0.717, 1.165) is 10.2 Å². The quantitative estimate of drug-likeness (QED) is 0.915. The molecule has 0 radical (unpaired) electrons. The van der Waals surface area contributed by atoms with Crippen molar-refractivity contribution >= 4 is 11.6 Å². The summed E-state index contributed by atoms with van der Waals surface area (Å²) in [6.07, 6.45) is 0.299. The molecular weight excluding hydrogens is 306 g/mol. The zero-order chi connectivity index (χ0) is 17.7. The van der Waals surface area contributed by atoms with Gasteiger partial charge in [-0.05, 0) is 37.1 Å². The Morgan fingerprint density at radius 3 is 2.50 bits per heavy atom. The maximum absolute atomic E-state index is 12.1. The summed E-state index contributed by atoms with van der Waals surface area (Å²) in [7, 11) is 0. The molecule has 1 aromatic carbocycles. The van der Waals surface area contributed by atoms with Crippen molar-refractivity contribution < 1.29 is 4.79 Å². The number of aromatic nitrogens is 2. The molecule has 7 heteroatoms. The van der Waals surface area contributed by atoms with Crippen molar-refractivity contribution in [2.75, 3.05) is 5.32 Å². The minimum absolute atomic E-state index is 0.00356. The van der Waals surface area contributed by atoms with Crippen LogP contribution in [-0.2, 0) is 17.8 Å². The molecule has 0 saturated heterocycles. The van der Waals surface area contributed by atoms with Crippen LogP contribution in [0.25, 0.3) is 0 Å². The van der Waals surface area contributed by atoms with Gasteiger partial charge in [0.25, 0.3) is 5.56 Å². The Kier molecular flexibility index (Phi) is 5.08. The lowest BCUT2D eigenvalue weighted by molar-refractivity contribution is -0.117. The van der Waals surface area contributed by atoms with Gasteiger partial charge in [-0.15, -0.1) is 0 Å². The first-order valence-corrected chi connectivity index (χ1v) is 7.20. The summed E-state index contributed by atoms with van der Waals surface area (Å²) < 4.78 is 0.986. The third-order valence-corrected chi connectivity index (χ3v) is 3.56. The number of aryl methyl sites for hydroxylation is 1. The van der Waals surface area contributed by atoms with Gasteiger partial charge in [0.1, 0.15) is 18.2 Å². The van der Waals surface area contributed by atoms with Gasteiger partial charge in [-0.25, -0.2) is 4.68 Å². The van der Waals surface area contributed by atoms with Crippen LogP contribution in [0.3, 0.4) is 0 Å². The normalized spacial score (nSPS) is 9.83. The van der Waals surface area contributed by atoms with Crippen LogP contribution in [0.15, 0.2) is 29.1 Å². The summed E-state index contributed by atoms with van der Waals surface area (Å²) in [4.78, 5) is 24.2. The van der Waals surface area contributed by atoms with Crippen molar-refractivity contribution in [1.82, 2.24) is 9.78 Å². The molecule has 0 aliphatic heterocycles. The molecule has 0 fully saturated rings. The minimum Gasteiger partial charge on any atom is -0.324 e. The lowest BCUT2D eigenvalue weighted by atomic mass is 10.1. The molecule has 24 heavy (non-hydrogen) atoms. The van der Waals surface area contributed by atoms with Crippen LogP contribution in [0.2, 0.25) is 0 Å². The highest BCUT2D eigenvalue weighted by Crippen LogP contribution is 2.10. The highest BCUT2D eigenvalue weighted by atomic mass is 16.2. The monoisotopic (exact) mass is 321 g/mol. The SMILES string of the molecule is Cc1nn(CC(=O)Nc2ccc(CC#N)cc2)c(=O)c(C#N)c1C.